The van der Waals surface area contributed by atoms with Gasteiger partial charge >= 0.3 is 0 Å². The molecule has 0 radical (unpaired) electrons. The van der Waals surface area contributed by atoms with Crippen molar-refractivity contribution in [2.75, 3.05) is 64.9 Å². The van der Waals surface area contributed by atoms with Gasteiger partial charge in [0.15, 0.2) is 0 Å². The molecule has 3 atom stereocenters. The van der Waals surface area contributed by atoms with E-state index in [-0.39, 0.29) is 60.1 Å². The number of nitrogens with zero attached hydrogens (tertiary/aromatic N) is 3. The molecule has 0 aliphatic carbocycles. The number of amides is 2. The maximum Gasteiger partial charge on any atom is 0.258 e. The van der Waals surface area contributed by atoms with E-state index in [9.17, 15) is 27.5 Å². The minimum absolute atomic E-state index is 0.0458. The molecule has 0 bridgehead atoms. The zero-order chi connectivity index (χ0) is 30.4. The van der Waals surface area contributed by atoms with Gasteiger partial charge in [0.1, 0.15) is 17.7 Å². The number of rotatable bonds is 10. The first-order chi connectivity index (χ1) is 20.0. The summed E-state index contributed by atoms with van der Waals surface area (Å²) in [5.41, 5.74) is 0.623. The van der Waals surface area contributed by atoms with Crippen molar-refractivity contribution in [1.29, 1.82) is 0 Å². The largest absolute Gasteiger partial charge is 0.488 e. The van der Waals surface area contributed by atoms with E-state index in [2.05, 4.69) is 10.2 Å². The number of halogens is 1. The summed E-state index contributed by atoms with van der Waals surface area (Å²) in [5, 5.41) is 12.8. The Labute approximate surface area is 246 Å². The van der Waals surface area contributed by atoms with E-state index in [1.165, 1.54) is 24.1 Å². The number of carbonyl (C=O) groups is 2. The zero-order valence-electron chi connectivity index (χ0n) is 24.2. The molecule has 2 N–H and O–H groups in total. The summed E-state index contributed by atoms with van der Waals surface area (Å²) in [6.07, 6.45) is -0.386. The van der Waals surface area contributed by atoms with Gasteiger partial charge in [-0.05, 0) is 49.4 Å². The number of hydrogen-bond donors (Lipinski definition) is 2. The second kappa shape index (κ2) is 13.9. The number of likely N-dealkylation sites (N-methyl/N-ethyl adjacent to an activating group) is 1. The Morgan fingerprint density at radius 1 is 1.19 bits per heavy atom. The highest BCUT2D eigenvalue weighted by Crippen LogP contribution is 2.31. The lowest BCUT2D eigenvalue weighted by Crippen LogP contribution is -2.50. The number of carbonyl (C=O) groups excluding carboxylic acids is 2. The lowest BCUT2D eigenvalue weighted by atomic mass is 9.99. The molecule has 230 valence electrons. The Balaban J connectivity index is 1.55. The number of sulfonamides is 1. The third kappa shape index (κ3) is 7.64. The number of fused-ring (bicyclic) bond motifs is 1. The van der Waals surface area contributed by atoms with Gasteiger partial charge < -0.3 is 24.8 Å². The molecule has 42 heavy (non-hydrogen) atoms. The van der Waals surface area contributed by atoms with Gasteiger partial charge in [-0.3, -0.25) is 14.5 Å². The Hall–Kier alpha value is -3.10. The van der Waals surface area contributed by atoms with Crippen molar-refractivity contribution >= 4 is 27.5 Å². The third-order valence-corrected chi connectivity index (χ3v) is 9.50. The molecule has 1 fully saturated rings. The molecule has 2 aliphatic heterocycles. The smallest absolute Gasteiger partial charge is 0.258 e. The van der Waals surface area contributed by atoms with Gasteiger partial charge in [0, 0.05) is 51.3 Å². The van der Waals surface area contributed by atoms with Crippen LogP contribution in [0.2, 0.25) is 0 Å². The maximum absolute atomic E-state index is 13.7. The van der Waals surface area contributed by atoms with Crippen LogP contribution in [0.5, 0.6) is 5.75 Å². The fourth-order valence-corrected chi connectivity index (χ4v) is 6.15. The second-order valence-electron chi connectivity index (χ2n) is 10.8. The van der Waals surface area contributed by atoms with E-state index >= 15 is 0 Å². The van der Waals surface area contributed by atoms with Crippen LogP contribution < -0.4 is 10.1 Å². The van der Waals surface area contributed by atoms with Crippen LogP contribution >= 0.6 is 0 Å². The van der Waals surface area contributed by atoms with Crippen molar-refractivity contribution in [2.24, 2.45) is 5.92 Å². The van der Waals surface area contributed by atoms with Crippen LogP contribution in [0.3, 0.4) is 0 Å². The van der Waals surface area contributed by atoms with Crippen LogP contribution in [0.15, 0.2) is 47.4 Å². The Kier molecular flexibility index (Phi) is 10.5. The summed E-state index contributed by atoms with van der Waals surface area (Å²) < 4.78 is 52.6. The number of aliphatic hydroxyl groups excluding tert-OH is 1. The van der Waals surface area contributed by atoms with Crippen LogP contribution in [0.1, 0.15) is 30.6 Å². The van der Waals surface area contributed by atoms with E-state index < -0.39 is 28.0 Å². The first-order valence-corrected chi connectivity index (χ1v) is 15.5. The molecule has 0 spiro atoms. The fourth-order valence-electron chi connectivity index (χ4n) is 4.96. The van der Waals surface area contributed by atoms with Crippen molar-refractivity contribution < 1.29 is 37.0 Å². The second-order valence-corrected chi connectivity index (χ2v) is 12.9. The highest BCUT2D eigenvalue weighted by atomic mass is 32.2. The van der Waals surface area contributed by atoms with Crippen LogP contribution in [0, 0.1) is 11.7 Å². The predicted octanol–water partition coefficient (Wildman–Crippen LogP) is 2.03. The van der Waals surface area contributed by atoms with Gasteiger partial charge in [0.05, 0.1) is 42.9 Å². The summed E-state index contributed by atoms with van der Waals surface area (Å²) in [6.45, 7) is 6.89. The number of hydrogen-bond acceptors (Lipinski definition) is 8. The molecule has 2 amide bonds. The van der Waals surface area contributed by atoms with Gasteiger partial charge in [-0.2, -0.15) is 4.31 Å². The quantitative estimate of drug-likeness (QED) is 0.421. The Bertz CT molecular complexity index is 1350. The minimum atomic E-state index is -3.95. The molecule has 2 heterocycles. The molecule has 0 aromatic heterocycles. The van der Waals surface area contributed by atoms with Crippen molar-refractivity contribution in [3.05, 3.63) is 53.8 Å². The lowest BCUT2D eigenvalue weighted by Gasteiger charge is -2.38. The van der Waals surface area contributed by atoms with E-state index in [1.807, 2.05) is 6.92 Å². The molecule has 11 nitrogen and oxygen atoms in total. The molecule has 2 aromatic rings. The Morgan fingerprint density at radius 3 is 2.55 bits per heavy atom. The number of nitrogens with one attached hydrogen (secondary N) is 1. The summed E-state index contributed by atoms with van der Waals surface area (Å²) in [7, 11) is -2.53. The van der Waals surface area contributed by atoms with Gasteiger partial charge in [-0.25, -0.2) is 12.8 Å². The average molecular weight is 607 g/mol. The van der Waals surface area contributed by atoms with Gasteiger partial charge in [-0.15, -0.1) is 0 Å². The molecule has 2 aliphatic rings. The van der Waals surface area contributed by atoms with Gasteiger partial charge in [-0.1, -0.05) is 6.92 Å². The van der Waals surface area contributed by atoms with E-state index in [1.54, 1.807) is 25.1 Å². The van der Waals surface area contributed by atoms with Crippen molar-refractivity contribution in [3.63, 3.8) is 0 Å². The predicted molar refractivity (Wildman–Crippen MR) is 154 cm³/mol. The highest BCUT2D eigenvalue weighted by Gasteiger charge is 2.35. The number of anilines is 1. The average Bonchev–Trinajstić information content (AvgIpc) is 2.98. The van der Waals surface area contributed by atoms with Crippen LogP contribution in [0.25, 0.3) is 0 Å². The molecular formula is C29H39FN4O7S. The molecule has 0 saturated carbocycles. The zero-order valence-corrected chi connectivity index (χ0v) is 25.0. The van der Waals surface area contributed by atoms with Crippen molar-refractivity contribution in [1.82, 2.24) is 14.1 Å². The van der Waals surface area contributed by atoms with Gasteiger partial charge in [0.25, 0.3) is 5.91 Å². The summed E-state index contributed by atoms with van der Waals surface area (Å²) in [4.78, 5) is 30.0. The van der Waals surface area contributed by atoms with Crippen LogP contribution in [0.4, 0.5) is 10.1 Å². The lowest BCUT2D eigenvalue weighted by molar-refractivity contribution is -0.116. The Morgan fingerprint density at radius 2 is 1.88 bits per heavy atom. The topological polar surface area (TPSA) is 129 Å². The molecule has 0 unspecified atom stereocenters. The normalized spacial score (nSPS) is 20.8. The standard InChI is InChI=1S/C29H39FN4O7S/c1-20-17-34(21(2)19-35)29(37)25-16-23(31-28(36)10-11-33-12-14-40-15-13-33)6-9-26(25)41-27(20)18-32(3)42(38,39)24-7-4-22(30)5-8-24/h4-9,16,20-21,27,35H,10-15,17-19H2,1-3H3,(H,31,36)/t20-,21+,27-/m1/s1. The van der Waals surface area contributed by atoms with Crippen molar-refractivity contribution in [2.45, 2.75) is 37.3 Å². The summed E-state index contributed by atoms with van der Waals surface area (Å²) in [6, 6.07) is 8.85. The van der Waals surface area contributed by atoms with Crippen molar-refractivity contribution in [3.8, 4) is 5.75 Å². The monoisotopic (exact) mass is 606 g/mol. The van der Waals surface area contributed by atoms with E-state index in [4.69, 9.17) is 9.47 Å². The first kappa shape index (κ1) is 31.8. The number of ether oxygens (including phenoxy) is 2. The summed E-state index contributed by atoms with van der Waals surface area (Å²) in [5.74, 6) is -1.18. The summed E-state index contributed by atoms with van der Waals surface area (Å²) >= 11 is 0. The molecule has 4 rings (SSSR count). The fraction of sp³-hybridized carbons (Fsp3) is 0.517. The number of aliphatic hydroxyl groups is 1. The molecule has 1 saturated heterocycles. The van der Waals surface area contributed by atoms with Gasteiger partial charge in [0.2, 0.25) is 15.9 Å². The highest BCUT2D eigenvalue weighted by molar-refractivity contribution is 7.89. The third-order valence-electron chi connectivity index (χ3n) is 7.67. The first-order valence-electron chi connectivity index (χ1n) is 14.0. The number of benzene rings is 2. The number of morpholine rings is 1. The van der Waals surface area contributed by atoms with Crippen LogP contribution in [-0.2, 0) is 19.6 Å². The van der Waals surface area contributed by atoms with Crippen LogP contribution in [-0.4, -0.2) is 111 Å². The molecular weight excluding hydrogens is 567 g/mol. The minimum Gasteiger partial charge on any atom is -0.488 e. The van der Waals surface area contributed by atoms with E-state index in [0.29, 0.717) is 25.4 Å². The SMILES string of the molecule is C[C@@H]1CN([C@@H](C)CO)C(=O)c2cc(NC(=O)CCN3CCOCC3)ccc2O[C@@H]1CN(C)S(=O)(=O)c1ccc(F)cc1. The molecule has 2 aromatic carbocycles. The molecule has 13 heteroatoms. The maximum atomic E-state index is 13.7. The van der Waals surface area contributed by atoms with E-state index in [0.717, 1.165) is 29.5 Å².